The van der Waals surface area contributed by atoms with Gasteiger partial charge in [0.2, 0.25) is 0 Å². The molecule has 0 amide bonds. The van der Waals surface area contributed by atoms with Crippen LogP contribution in [-0.4, -0.2) is 0 Å². The lowest BCUT2D eigenvalue weighted by molar-refractivity contribution is 0.626. The van der Waals surface area contributed by atoms with Crippen molar-refractivity contribution in [3.05, 3.63) is 35.1 Å². The second kappa shape index (κ2) is 3.22. The van der Waals surface area contributed by atoms with Gasteiger partial charge < -0.3 is 0 Å². The van der Waals surface area contributed by atoms with E-state index in [-0.39, 0.29) is 5.82 Å². The van der Waals surface area contributed by atoms with Gasteiger partial charge in [0.25, 0.3) is 0 Å². The fourth-order valence-electron chi connectivity index (χ4n) is 1.17. The van der Waals surface area contributed by atoms with Crippen LogP contribution in [0.2, 0.25) is 0 Å². The molecule has 0 bridgehead atoms. The van der Waals surface area contributed by atoms with E-state index in [0.717, 1.165) is 11.1 Å². The zero-order valence-corrected chi connectivity index (χ0v) is 7.60. The Bertz CT molecular complexity index is 378. The fourth-order valence-corrected chi connectivity index (χ4v) is 1.17. The molecule has 0 radical (unpaired) electrons. The highest BCUT2D eigenvalue weighted by Gasteiger charge is 2.17. The molecule has 1 heteroatoms. The number of hydrogen-bond acceptors (Lipinski definition) is 0. The predicted molar refractivity (Wildman–Crippen MR) is 50.7 cm³/mol. The highest BCUT2D eigenvalue weighted by molar-refractivity contribution is 5.41. The Morgan fingerprint density at radius 3 is 2.77 bits per heavy atom. The molecule has 0 saturated heterocycles. The minimum atomic E-state index is -0.186. The van der Waals surface area contributed by atoms with Gasteiger partial charge in [-0.3, -0.25) is 0 Å². The summed E-state index contributed by atoms with van der Waals surface area (Å²) in [6, 6.07) is 4.74. The number of hydrogen-bond donors (Lipinski definition) is 0. The maximum Gasteiger partial charge on any atom is 0.123 e. The van der Waals surface area contributed by atoms with Crippen molar-refractivity contribution < 1.29 is 4.39 Å². The Morgan fingerprint density at radius 1 is 1.38 bits per heavy atom. The van der Waals surface area contributed by atoms with Crippen molar-refractivity contribution in [2.24, 2.45) is 5.92 Å². The van der Waals surface area contributed by atoms with Gasteiger partial charge in [-0.1, -0.05) is 11.8 Å². The van der Waals surface area contributed by atoms with E-state index in [1.54, 1.807) is 6.07 Å². The van der Waals surface area contributed by atoms with Crippen LogP contribution in [0.25, 0.3) is 0 Å². The molecule has 1 aromatic rings. The third-order valence-electron chi connectivity index (χ3n) is 2.18. The first-order valence-electron chi connectivity index (χ1n) is 4.53. The molecule has 0 heterocycles. The normalized spacial score (nSPS) is 14.9. The van der Waals surface area contributed by atoms with E-state index in [4.69, 9.17) is 0 Å². The Labute approximate surface area is 77.8 Å². The first kappa shape index (κ1) is 8.31. The van der Waals surface area contributed by atoms with Gasteiger partial charge in [-0.2, -0.15) is 0 Å². The minimum absolute atomic E-state index is 0.186. The maximum absolute atomic E-state index is 12.7. The Hall–Kier alpha value is -1.29. The number of aryl methyl sites for hydroxylation is 1. The first-order chi connectivity index (χ1) is 6.25. The highest BCUT2D eigenvalue weighted by Crippen LogP contribution is 2.27. The monoisotopic (exact) mass is 174 g/mol. The molecule has 2 rings (SSSR count). The molecule has 1 aromatic carbocycles. The van der Waals surface area contributed by atoms with Crippen molar-refractivity contribution >= 4 is 0 Å². The van der Waals surface area contributed by atoms with Gasteiger partial charge in [0.05, 0.1) is 0 Å². The van der Waals surface area contributed by atoms with Gasteiger partial charge >= 0.3 is 0 Å². The highest BCUT2D eigenvalue weighted by atomic mass is 19.1. The Kier molecular flexibility index (Phi) is 2.06. The summed E-state index contributed by atoms with van der Waals surface area (Å²) < 4.78 is 12.7. The predicted octanol–water partition coefficient (Wildman–Crippen LogP) is 2.90. The van der Waals surface area contributed by atoms with Gasteiger partial charge in [0.1, 0.15) is 5.82 Å². The zero-order chi connectivity index (χ0) is 9.26. The van der Waals surface area contributed by atoms with Gasteiger partial charge in [-0.15, -0.1) is 0 Å². The largest absolute Gasteiger partial charge is 0.207 e. The molecule has 0 unspecified atom stereocenters. The van der Waals surface area contributed by atoms with Crippen LogP contribution >= 0.6 is 0 Å². The van der Waals surface area contributed by atoms with Crippen molar-refractivity contribution in [3.63, 3.8) is 0 Å². The van der Waals surface area contributed by atoms with Crippen molar-refractivity contribution in [2.45, 2.75) is 19.8 Å². The van der Waals surface area contributed by atoms with Crippen molar-refractivity contribution in [3.8, 4) is 11.8 Å². The lowest BCUT2D eigenvalue weighted by Crippen LogP contribution is -1.83. The fraction of sp³-hybridized carbons (Fsp3) is 0.333. The van der Waals surface area contributed by atoms with Crippen LogP contribution in [0.4, 0.5) is 4.39 Å². The van der Waals surface area contributed by atoms with E-state index < -0.39 is 0 Å². The lowest BCUT2D eigenvalue weighted by Gasteiger charge is -1.96. The van der Waals surface area contributed by atoms with E-state index in [1.165, 1.54) is 25.0 Å². The minimum Gasteiger partial charge on any atom is -0.207 e. The molecule has 0 aliphatic heterocycles. The van der Waals surface area contributed by atoms with Crippen LogP contribution in [0.5, 0.6) is 0 Å². The van der Waals surface area contributed by atoms with Gasteiger partial charge in [0.15, 0.2) is 0 Å². The Balaban J connectivity index is 2.25. The SMILES string of the molecule is Cc1cc(F)ccc1C#CC1CC1. The van der Waals surface area contributed by atoms with E-state index >= 15 is 0 Å². The summed E-state index contributed by atoms with van der Waals surface area (Å²) in [7, 11) is 0. The van der Waals surface area contributed by atoms with Gasteiger partial charge in [0, 0.05) is 11.5 Å². The quantitative estimate of drug-likeness (QED) is 0.530. The molecule has 0 aromatic heterocycles. The first-order valence-corrected chi connectivity index (χ1v) is 4.53. The molecule has 0 spiro atoms. The van der Waals surface area contributed by atoms with E-state index in [9.17, 15) is 4.39 Å². The molecular formula is C12H11F. The topological polar surface area (TPSA) is 0 Å². The molecule has 1 aliphatic carbocycles. The van der Waals surface area contributed by atoms with E-state index in [1.807, 2.05) is 6.92 Å². The van der Waals surface area contributed by atoms with E-state index in [2.05, 4.69) is 11.8 Å². The maximum atomic E-state index is 12.7. The summed E-state index contributed by atoms with van der Waals surface area (Å²) in [6.45, 7) is 1.89. The summed E-state index contributed by atoms with van der Waals surface area (Å²) in [5.41, 5.74) is 1.88. The van der Waals surface area contributed by atoms with Crippen molar-refractivity contribution in [1.82, 2.24) is 0 Å². The van der Waals surface area contributed by atoms with Crippen molar-refractivity contribution in [1.29, 1.82) is 0 Å². The smallest absolute Gasteiger partial charge is 0.123 e. The van der Waals surface area contributed by atoms with Crippen LogP contribution in [0.1, 0.15) is 24.0 Å². The number of halogens is 1. The molecule has 0 atom stereocenters. The average Bonchev–Trinajstić information content (AvgIpc) is 2.86. The summed E-state index contributed by atoms with van der Waals surface area (Å²) >= 11 is 0. The number of benzene rings is 1. The van der Waals surface area contributed by atoms with Crippen LogP contribution < -0.4 is 0 Å². The summed E-state index contributed by atoms with van der Waals surface area (Å²) in [6.07, 6.45) is 2.46. The molecule has 13 heavy (non-hydrogen) atoms. The molecule has 0 nitrogen and oxygen atoms in total. The molecule has 1 aliphatic rings. The Morgan fingerprint density at radius 2 is 2.15 bits per heavy atom. The third-order valence-corrected chi connectivity index (χ3v) is 2.18. The van der Waals surface area contributed by atoms with Crippen LogP contribution in [0.3, 0.4) is 0 Å². The second-order valence-electron chi connectivity index (χ2n) is 3.50. The molecule has 0 N–H and O–H groups in total. The summed E-state index contributed by atoms with van der Waals surface area (Å²) in [5.74, 6) is 6.66. The van der Waals surface area contributed by atoms with Gasteiger partial charge in [-0.05, 0) is 43.5 Å². The van der Waals surface area contributed by atoms with Crippen LogP contribution in [-0.2, 0) is 0 Å². The number of rotatable bonds is 0. The average molecular weight is 174 g/mol. The zero-order valence-electron chi connectivity index (χ0n) is 7.60. The lowest BCUT2D eigenvalue weighted by atomic mass is 10.1. The summed E-state index contributed by atoms with van der Waals surface area (Å²) in [4.78, 5) is 0. The van der Waals surface area contributed by atoms with Gasteiger partial charge in [-0.25, -0.2) is 4.39 Å². The second-order valence-corrected chi connectivity index (χ2v) is 3.50. The van der Waals surface area contributed by atoms with Crippen LogP contribution in [0, 0.1) is 30.5 Å². The molecule has 66 valence electrons. The third kappa shape index (κ3) is 2.09. The molecule has 1 saturated carbocycles. The molecule has 1 fully saturated rings. The summed E-state index contributed by atoms with van der Waals surface area (Å²) in [5, 5.41) is 0. The van der Waals surface area contributed by atoms with E-state index in [0.29, 0.717) is 5.92 Å². The van der Waals surface area contributed by atoms with Crippen LogP contribution in [0.15, 0.2) is 18.2 Å². The molecular weight excluding hydrogens is 163 g/mol. The van der Waals surface area contributed by atoms with Crippen molar-refractivity contribution in [2.75, 3.05) is 0 Å². The standard InChI is InChI=1S/C12H11F/c1-9-8-12(13)7-6-11(9)5-4-10-2-3-10/h6-8,10H,2-3H2,1H3.